The van der Waals surface area contributed by atoms with Gasteiger partial charge in [0.1, 0.15) is 16.5 Å². The van der Waals surface area contributed by atoms with Crippen LogP contribution >= 0.6 is 11.3 Å². The smallest absolute Gasteiger partial charge is 0.273 e. The fourth-order valence-electron chi connectivity index (χ4n) is 3.74. The van der Waals surface area contributed by atoms with E-state index < -0.39 is 5.91 Å². The summed E-state index contributed by atoms with van der Waals surface area (Å²) in [7, 11) is 0. The summed E-state index contributed by atoms with van der Waals surface area (Å²) >= 11 is 1.11. The lowest BCUT2D eigenvalue weighted by Gasteiger charge is -2.06. The predicted molar refractivity (Wildman–Crippen MR) is 143 cm³/mol. The highest BCUT2D eigenvalue weighted by Gasteiger charge is 2.17. The third-order valence-corrected chi connectivity index (χ3v) is 6.53. The van der Waals surface area contributed by atoms with Crippen LogP contribution < -0.4 is 24.8 Å². The van der Waals surface area contributed by atoms with Gasteiger partial charge in [-0.2, -0.15) is 5.26 Å². The zero-order valence-corrected chi connectivity index (χ0v) is 20.6. The van der Waals surface area contributed by atoms with Crippen molar-refractivity contribution in [1.29, 1.82) is 5.26 Å². The number of benzene rings is 3. The molecule has 0 aliphatic heterocycles. The van der Waals surface area contributed by atoms with Gasteiger partial charge >= 0.3 is 0 Å². The van der Waals surface area contributed by atoms with Crippen molar-refractivity contribution in [3.05, 3.63) is 116 Å². The second kappa shape index (κ2) is 11.8. The van der Waals surface area contributed by atoms with Crippen molar-refractivity contribution in [2.24, 2.45) is 0 Å². The molecule has 3 aromatic carbocycles. The molecule has 4 rings (SSSR count). The number of thiazole rings is 1. The third kappa shape index (κ3) is 5.62. The number of rotatable bonds is 8. The molecule has 7 heteroatoms. The van der Waals surface area contributed by atoms with Crippen LogP contribution in [0.4, 0.5) is 0 Å². The molecule has 0 spiro atoms. The Morgan fingerprint density at radius 1 is 1.03 bits per heavy atom. The molecule has 0 aliphatic rings. The molecular formula is C29H25N3O3S. The van der Waals surface area contributed by atoms with Crippen molar-refractivity contribution in [3.8, 4) is 17.5 Å². The van der Waals surface area contributed by atoms with Crippen LogP contribution in [0, 0.1) is 11.3 Å². The van der Waals surface area contributed by atoms with Gasteiger partial charge in [0.15, 0.2) is 5.57 Å². The summed E-state index contributed by atoms with van der Waals surface area (Å²) < 4.78 is 7.80. The van der Waals surface area contributed by atoms with Crippen molar-refractivity contribution in [2.75, 3.05) is 13.2 Å². The van der Waals surface area contributed by atoms with E-state index in [9.17, 15) is 14.9 Å². The van der Waals surface area contributed by atoms with E-state index in [1.165, 1.54) is 4.57 Å². The molecule has 0 bridgehead atoms. The lowest BCUT2D eigenvalue weighted by atomic mass is 10.1. The van der Waals surface area contributed by atoms with E-state index in [-0.39, 0.29) is 15.8 Å². The molecule has 0 fully saturated rings. The average Bonchev–Trinajstić information content (AvgIpc) is 3.22. The number of ether oxygens (including phenoxy) is 1. The predicted octanol–water partition coefficient (Wildman–Crippen LogP) is 3.16. The number of amides is 1. The minimum atomic E-state index is -0.513. The maximum Gasteiger partial charge on any atom is 0.273 e. The normalized spacial score (nSPS) is 12.1. The quantitative estimate of drug-likeness (QED) is 0.407. The van der Waals surface area contributed by atoms with E-state index >= 15 is 0 Å². The fourth-order valence-corrected chi connectivity index (χ4v) is 4.83. The number of hydrogen-bond donors (Lipinski definition) is 1. The van der Waals surface area contributed by atoms with Crippen LogP contribution in [0.2, 0.25) is 0 Å². The molecule has 6 nitrogen and oxygen atoms in total. The molecule has 180 valence electrons. The summed E-state index contributed by atoms with van der Waals surface area (Å²) in [5, 5.41) is 12.8. The number of nitrogens with one attached hydrogen (secondary N) is 1. The zero-order valence-electron chi connectivity index (χ0n) is 19.8. The average molecular weight is 496 g/mol. The topological polar surface area (TPSA) is 84.1 Å². The Labute approximate surface area is 213 Å². The maximum atomic E-state index is 13.6. The largest absolute Gasteiger partial charge is 0.493 e. The van der Waals surface area contributed by atoms with Crippen LogP contribution in [0.25, 0.3) is 17.3 Å². The highest BCUT2D eigenvalue weighted by Crippen LogP contribution is 2.18. The van der Waals surface area contributed by atoms with E-state index in [1.807, 2.05) is 85.8 Å². The number of aromatic nitrogens is 1. The first-order valence-corrected chi connectivity index (χ1v) is 12.4. The number of nitriles is 1. The van der Waals surface area contributed by atoms with Crippen LogP contribution in [0.1, 0.15) is 18.1 Å². The first-order valence-electron chi connectivity index (χ1n) is 11.6. The third-order valence-electron chi connectivity index (χ3n) is 5.44. The molecule has 0 saturated heterocycles. The van der Waals surface area contributed by atoms with Crippen molar-refractivity contribution >= 4 is 28.9 Å². The minimum Gasteiger partial charge on any atom is -0.493 e. The van der Waals surface area contributed by atoms with Gasteiger partial charge in [-0.05, 0) is 43.2 Å². The fraction of sp³-hybridized carbons (Fsp3) is 0.138. The molecule has 4 aromatic rings. The van der Waals surface area contributed by atoms with E-state index in [4.69, 9.17) is 4.74 Å². The molecule has 0 radical (unpaired) electrons. The Kier molecular flexibility index (Phi) is 8.12. The van der Waals surface area contributed by atoms with Gasteiger partial charge in [-0.25, -0.2) is 0 Å². The number of carbonyl (C=O) groups excluding carboxylic acids is 1. The number of nitrogens with zero attached hydrogens (tertiary/aromatic N) is 2. The van der Waals surface area contributed by atoms with Crippen molar-refractivity contribution < 1.29 is 9.53 Å². The Morgan fingerprint density at radius 2 is 1.69 bits per heavy atom. The van der Waals surface area contributed by atoms with E-state index in [2.05, 4.69) is 5.32 Å². The van der Waals surface area contributed by atoms with Crippen LogP contribution in [-0.2, 0) is 11.2 Å². The Morgan fingerprint density at radius 3 is 2.39 bits per heavy atom. The summed E-state index contributed by atoms with van der Waals surface area (Å²) in [6.45, 7) is 2.76. The summed E-state index contributed by atoms with van der Waals surface area (Å²) in [4.78, 5) is 26.6. The zero-order chi connectivity index (χ0) is 25.3. The molecule has 1 heterocycles. The highest BCUT2D eigenvalue weighted by molar-refractivity contribution is 7.07. The number of hydrogen-bond acceptors (Lipinski definition) is 5. The molecule has 1 aromatic heterocycles. The SMILES string of the molecule is CCOc1ccccc1/C=c1\s/c(=C(\C#N)C(=O)NCCc2ccccc2)n(-c2ccccc2)c1=O. The molecule has 0 unspecified atom stereocenters. The van der Waals surface area contributed by atoms with E-state index in [1.54, 1.807) is 18.2 Å². The van der Waals surface area contributed by atoms with Gasteiger partial charge in [0.25, 0.3) is 11.5 Å². The highest BCUT2D eigenvalue weighted by atomic mass is 32.1. The maximum absolute atomic E-state index is 13.6. The van der Waals surface area contributed by atoms with E-state index in [0.717, 1.165) is 22.5 Å². The van der Waals surface area contributed by atoms with Gasteiger partial charge in [-0.15, -0.1) is 11.3 Å². The summed E-state index contributed by atoms with van der Waals surface area (Å²) in [6, 6.07) is 28.3. The van der Waals surface area contributed by atoms with Gasteiger partial charge in [-0.1, -0.05) is 66.7 Å². The van der Waals surface area contributed by atoms with Crippen molar-refractivity contribution in [2.45, 2.75) is 13.3 Å². The van der Waals surface area contributed by atoms with Crippen LogP contribution in [-0.4, -0.2) is 23.6 Å². The van der Waals surface area contributed by atoms with Crippen LogP contribution in [0.5, 0.6) is 5.75 Å². The lowest BCUT2D eigenvalue weighted by Crippen LogP contribution is -2.34. The summed E-state index contributed by atoms with van der Waals surface area (Å²) in [5.41, 5.74) is 1.99. The van der Waals surface area contributed by atoms with Gasteiger partial charge in [0.05, 0.1) is 16.8 Å². The second-order valence-electron chi connectivity index (χ2n) is 7.84. The monoisotopic (exact) mass is 495 g/mol. The Balaban J connectivity index is 1.82. The lowest BCUT2D eigenvalue weighted by molar-refractivity contribution is -0.115. The van der Waals surface area contributed by atoms with Gasteiger partial charge in [0.2, 0.25) is 0 Å². The number of para-hydroxylation sites is 2. The molecule has 36 heavy (non-hydrogen) atoms. The van der Waals surface area contributed by atoms with Gasteiger partial charge in [-0.3, -0.25) is 14.2 Å². The molecule has 1 amide bonds. The van der Waals surface area contributed by atoms with E-state index in [0.29, 0.717) is 35.5 Å². The summed E-state index contributed by atoms with van der Waals surface area (Å²) in [6.07, 6.45) is 2.37. The minimum absolute atomic E-state index is 0.105. The standard InChI is InChI=1S/C29H25N3O3S/c1-2-35-25-16-10-9-13-22(25)19-26-28(34)32(23-14-7-4-8-15-23)29(36-26)24(20-30)27(33)31-18-17-21-11-5-3-6-12-21/h3-16,19H,2,17-18H2,1H3,(H,31,33)/b26-19-,29-24+. The molecular weight excluding hydrogens is 470 g/mol. The van der Waals surface area contributed by atoms with Gasteiger partial charge < -0.3 is 10.1 Å². The van der Waals surface area contributed by atoms with Crippen molar-refractivity contribution in [3.63, 3.8) is 0 Å². The second-order valence-corrected chi connectivity index (χ2v) is 8.87. The first-order chi connectivity index (χ1) is 17.6. The Bertz CT molecular complexity index is 1570. The van der Waals surface area contributed by atoms with Crippen molar-refractivity contribution in [1.82, 2.24) is 9.88 Å². The molecule has 0 saturated carbocycles. The van der Waals surface area contributed by atoms with Crippen LogP contribution in [0.3, 0.4) is 0 Å². The van der Waals surface area contributed by atoms with Gasteiger partial charge in [0, 0.05) is 12.1 Å². The molecule has 0 atom stereocenters. The Hall–Kier alpha value is -4.41. The molecule has 1 N–H and O–H groups in total. The first kappa shape index (κ1) is 24.7. The summed E-state index contributed by atoms with van der Waals surface area (Å²) in [5.74, 6) is 0.143. The molecule has 0 aliphatic carbocycles. The van der Waals surface area contributed by atoms with Crippen LogP contribution in [0.15, 0.2) is 89.7 Å². The number of carbonyl (C=O) groups is 1.